The van der Waals surface area contributed by atoms with E-state index in [1.54, 1.807) is 31.2 Å². The van der Waals surface area contributed by atoms with Gasteiger partial charge in [0.2, 0.25) is 5.91 Å². The number of rotatable bonds is 4. The molecular formula is C31H32N2O8. The van der Waals surface area contributed by atoms with E-state index in [9.17, 15) is 29.4 Å². The summed E-state index contributed by atoms with van der Waals surface area (Å²) >= 11 is 0. The number of hydrogen-bond donors (Lipinski definition) is 3. The number of phenolic OH excluding ortho intramolecular Hbond substituents is 2. The van der Waals surface area contributed by atoms with Crippen LogP contribution in [-0.2, 0) is 36.9 Å². The van der Waals surface area contributed by atoms with Gasteiger partial charge in [0, 0.05) is 36.9 Å². The molecule has 2 amide bonds. The first-order chi connectivity index (χ1) is 19.6. The highest BCUT2D eigenvalue weighted by atomic mass is 16.6. The third-order valence-electron chi connectivity index (χ3n) is 7.07. The Kier molecular flexibility index (Phi) is 8.91. The Balaban J connectivity index is 1.78. The minimum Gasteiger partial charge on any atom is -0.507 e. The topological polar surface area (TPSA) is 142 Å². The molecule has 3 aromatic rings. The Bertz CT molecular complexity index is 1460. The van der Waals surface area contributed by atoms with Crippen molar-refractivity contribution in [3.63, 3.8) is 0 Å². The predicted octanol–water partition coefficient (Wildman–Crippen LogP) is 3.88. The Morgan fingerprint density at radius 3 is 2.29 bits per heavy atom. The molecule has 0 radical (unpaired) electrons. The van der Waals surface area contributed by atoms with Gasteiger partial charge in [-0.1, -0.05) is 49.4 Å². The number of fused-ring (bicyclic) bond motifs is 5. The third kappa shape index (κ3) is 6.66. The summed E-state index contributed by atoms with van der Waals surface area (Å²) in [5.74, 6) is -2.85. The number of nitrogens with zero attached hydrogens (tertiary/aromatic N) is 1. The molecule has 10 heteroatoms. The number of Topliss-reactive ketones (excluding diaryl/α,β-unsaturated/α-hetero) is 1. The summed E-state index contributed by atoms with van der Waals surface area (Å²) < 4.78 is 10.3. The van der Waals surface area contributed by atoms with Crippen molar-refractivity contribution in [3.8, 4) is 22.6 Å². The van der Waals surface area contributed by atoms with Crippen LogP contribution in [0.25, 0.3) is 11.1 Å². The number of ketones is 1. The Hall–Kier alpha value is -4.86. The van der Waals surface area contributed by atoms with Crippen LogP contribution in [0.4, 0.5) is 4.79 Å². The summed E-state index contributed by atoms with van der Waals surface area (Å²) in [6.07, 6.45) is -0.977. The molecule has 41 heavy (non-hydrogen) atoms. The van der Waals surface area contributed by atoms with Gasteiger partial charge in [-0.2, -0.15) is 0 Å². The number of aromatic hydroxyl groups is 2. The quantitative estimate of drug-likeness (QED) is 0.408. The van der Waals surface area contributed by atoms with Crippen molar-refractivity contribution in [1.82, 2.24) is 10.2 Å². The molecule has 1 aliphatic rings. The highest BCUT2D eigenvalue weighted by molar-refractivity contribution is 5.94. The van der Waals surface area contributed by atoms with E-state index in [0.717, 1.165) is 10.5 Å². The van der Waals surface area contributed by atoms with Gasteiger partial charge in [-0.25, -0.2) is 9.59 Å². The van der Waals surface area contributed by atoms with Crippen molar-refractivity contribution in [2.45, 2.75) is 38.5 Å². The normalized spacial score (nSPS) is 19.0. The molecule has 0 saturated carbocycles. The largest absolute Gasteiger partial charge is 0.507 e. The molecule has 10 nitrogen and oxygen atoms in total. The minimum absolute atomic E-state index is 0.0137. The average Bonchev–Trinajstić information content (AvgIpc) is 2.97. The van der Waals surface area contributed by atoms with E-state index >= 15 is 0 Å². The van der Waals surface area contributed by atoms with Crippen LogP contribution in [0.15, 0.2) is 66.7 Å². The van der Waals surface area contributed by atoms with E-state index in [0.29, 0.717) is 11.1 Å². The first kappa shape index (κ1) is 29.1. The van der Waals surface area contributed by atoms with Crippen LogP contribution in [0.2, 0.25) is 0 Å². The molecule has 0 aromatic heterocycles. The monoisotopic (exact) mass is 560 g/mol. The number of likely N-dealkylation sites (N-methyl/N-ethyl adjacent to an activating group) is 1. The lowest BCUT2D eigenvalue weighted by molar-refractivity contribution is -0.145. The molecular weight excluding hydrogens is 528 g/mol. The van der Waals surface area contributed by atoms with Crippen molar-refractivity contribution < 1.29 is 38.9 Å². The number of phenols is 2. The molecule has 0 fully saturated rings. The fourth-order valence-electron chi connectivity index (χ4n) is 4.81. The van der Waals surface area contributed by atoms with Crippen molar-refractivity contribution >= 4 is 23.8 Å². The molecule has 0 spiro atoms. The van der Waals surface area contributed by atoms with Gasteiger partial charge in [0.1, 0.15) is 30.2 Å². The standard InChI is InChI=1S/C31H32N2O8/c1-18-13-27(36)28(33(2)31(39)41-17-19-7-5-4-6-8-19)21-10-12-26(35)23(16-21)22-14-20(9-11-25(22)34)15-24(30(38)40-3)32-29(18)37/h4-12,14,16,18,24,28,34-35H,13,15,17H2,1-3H3,(H,32,37)/t18-,24+,28+/m1/s1. The molecule has 1 aliphatic heterocycles. The lowest BCUT2D eigenvalue weighted by atomic mass is 9.90. The number of carbonyl (C=O) groups excluding carboxylic acids is 4. The molecule has 0 aliphatic carbocycles. The molecule has 214 valence electrons. The van der Waals surface area contributed by atoms with Gasteiger partial charge in [-0.3, -0.25) is 14.5 Å². The molecule has 0 saturated heterocycles. The first-order valence-electron chi connectivity index (χ1n) is 13.1. The van der Waals surface area contributed by atoms with Gasteiger partial charge in [-0.05, 0) is 41.0 Å². The highest BCUT2D eigenvalue weighted by Crippen LogP contribution is 2.39. The van der Waals surface area contributed by atoms with Crippen LogP contribution < -0.4 is 5.32 Å². The molecule has 1 heterocycles. The molecule has 3 atom stereocenters. The van der Waals surface area contributed by atoms with Gasteiger partial charge in [0.15, 0.2) is 5.78 Å². The molecule has 4 bridgehead atoms. The summed E-state index contributed by atoms with van der Waals surface area (Å²) in [5.41, 5.74) is 2.15. The van der Waals surface area contributed by atoms with Crippen molar-refractivity contribution in [2.75, 3.05) is 14.2 Å². The maximum atomic E-state index is 13.7. The number of benzene rings is 3. The maximum Gasteiger partial charge on any atom is 0.410 e. The zero-order valence-electron chi connectivity index (χ0n) is 23.0. The van der Waals surface area contributed by atoms with Gasteiger partial charge in [0.05, 0.1) is 7.11 Å². The second-order valence-corrected chi connectivity index (χ2v) is 10.0. The third-order valence-corrected chi connectivity index (χ3v) is 7.07. The SMILES string of the molecule is COC(=O)[C@@H]1Cc2ccc(O)c(c2)-c2cc(ccc2O)[C@H](N(C)C(=O)OCc2ccccc2)C(=O)C[C@@H](C)C(=O)N1. The zero-order valence-corrected chi connectivity index (χ0v) is 23.0. The van der Waals surface area contributed by atoms with Gasteiger partial charge in [0.25, 0.3) is 0 Å². The number of ether oxygens (including phenoxy) is 2. The van der Waals surface area contributed by atoms with Crippen LogP contribution in [0.3, 0.4) is 0 Å². The van der Waals surface area contributed by atoms with E-state index in [1.807, 2.05) is 18.2 Å². The van der Waals surface area contributed by atoms with E-state index in [1.165, 1.54) is 38.4 Å². The second-order valence-electron chi connectivity index (χ2n) is 10.0. The number of esters is 1. The van der Waals surface area contributed by atoms with E-state index in [2.05, 4.69) is 5.32 Å². The lowest BCUT2D eigenvalue weighted by Gasteiger charge is -2.29. The number of nitrogens with one attached hydrogen (secondary N) is 1. The number of carbonyl (C=O) groups is 4. The zero-order chi connectivity index (χ0) is 29.7. The first-order valence-corrected chi connectivity index (χ1v) is 13.1. The average molecular weight is 561 g/mol. The van der Waals surface area contributed by atoms with Crippen LogP contribution >= 0.6 is 0 Å². The summed E-state index contributed by atoms with van der Waals surface area (Å²) in [4.78, 5) is 53.6. The van der Waals surface area contributed by atoms with E-state index in [4.69, 9.17) is 9.47 Å². The summed E-state index contributed by atoms with van der Waals surface area (Å²) in [5, 5.41) is 24.1. The highest BCUT2D eigenvalue weighted by Gasteiger charge is 2.34. The summed E-state index contributed by atoms with van der Waals surface area (Å²) in [6, 6.07) is 15.8. The van der Waals surface area contributed by atoms with Crippen molar-refractivity contribution in [2.24, 2.45) is 5.92 Å². The molecule has 4 rings (SSSR count). The fraction of sp³-hybridized carbons (Fsp3) is 0.290. The van der Waals surface area contributed by atoms with Crippen LogP contribution in [0.5, 0.6) is 11.5 Å². The Morgan fingerprint density at radius 1 is 0.951 bits per heavy atom. The van der Waals surface area contributed by atoms with Gasteiger partial charge >= 0.3 is 12.1 Å². The second kappa shape index (κ2) is 12.5. The molecule has 3 aromatic carbocycles. The van der Waals surface area contributed by atoms with Crippen LogP contribution in [0.1, 0.15) is 36.1 Å². The summed E-state index contributed by atoms with van der Waals surface area (Å²) in [7, 11) is 2.62. The number of amides is 2. The van der Waals surface area contributed by atoms with Crippen molar-refractivity contribution in [1.29, 1.82) is 0 Å². The Morgan fingerprint density at radius 2 is 1.61 bits per heavy atom. The minimum atomic E-state index is -1.18. The smallest absolute Gasteiger partial charge is 0.410 e. The van der Waals surface area contributed by atoms with Crippen LogP contribution in [0, 0.1) is 5.92 Å². The van der Waals surface area contributed by atoms with Gasteiger partial charge < -0.3 is 25.0 Å². The molecule has 0 unspecified atom stereocenters. The fourth-order valence-corrected chi connectivity index (χ4v) is 4.81. The summed E-state index contributed by atoms with van der Waals surface area (Å²) in [6.45, 7) is 1.54. The van der Waals surface area contributed by atoms with Crippen LogP contribution in [-0.4, -0.2) is 59.1 Å². The number of hydrogen-bond acceptors (Lipinski definition) is 8. The van der Waals surface area contributed by atoms with Gasteiger partial charge in [-0.15, -0.1) is 0 Å². The van der Waals surface area contributed by atoms with E-state index in [-0.39, 0.29) is 42.1 Å². The lowest BCUT2D eigenvalue weighted by Crippen LogP contribution is -2.46. The maximum absolute atomic E-state index is 13.7. The number of methoxy groups -OCH3 is 1. The van der Waals surface area contributed by atoms with E-state index < -0.39 is 41.8 Å². The predicted molar refractivity (Wildman–Crippen MR) is 149 cm³/mol. The Labute approximate surface area is 237 Å². The van der Waals surface area contributed by atoms with Crippen molar-refractivity contribution in [3.05, 3.63) is 83.4 Å². The molecule has 3 N–H and O–H groups in total.